The fraction of sp³-hybridized carbons (Fsp3) is 0.478. The lowest BCUT2D eigenvalue weighted by molar-refractivity contribution is -0.144. The first-order chi connectivity index (χ1) is 15.4. The van der Waals surface area contributed by atoms with Crippen LogP contribution in [0, 0.1) is 23.7 Å². The standard InChI is InChI=1S/C23H25ClN4O4/c24-16-2-1-3-17(11-16)26-6-8-27(9-7-26)19(30)12-25-18(29)13-28-22(31)20-14-4-5-15(10-14)21(20)23(28)32/h1-5,11,14-15,20-21H,6-10,12-13H2,(H,25,29). The first kappa shape index (κ1) is 21.0. The molecule has 4 atom stereocenters. The predicted octanol–water partition coefficient (Wildman–Crippen LogP) is 0.912. The molecule has 8 nitrogen and oxygen atoms in total. The molecule has 9 heteroatoms. The molecule has 32 heavy (non-hydrogen) atoms. The van der Waals surface area contributed by atoms with E-state index in [0.29, 0.717) is 31.2 Å². The number of rotatable bonds is 5. The van der Waals surface area contributed by atoms with Gasteiger partial charge in [-0.05, 0) is 36.5 Å². The Morgan fingerprint density at radius 2 is 1.66 bits per heavy atom. The topological polar surface area (TPSA) is 90.0 Å². The van der Waals surface area contributed by atoms with Crippen LogP contribution in [0.3, 0.4) is 0 Å². The van der Waals surface area contributed by atoms with Crippen molar-refractivity contribution < 1.29 is 19.2 Å². The van der Waals surface area contributed by atoms with Crippen molar-refractivity contribution in [3.63, 3.8) is 0 Å². The van der Waals surface area contributed by atoms with E-state index >= 15 is 0 Å². The fourth-order valence-corrected chi connectivity index (χ4v) is 5.68. The van der Waals surface area contributed by atoms with E-state index in [4.69, 9.17) is 11.6 Å². The zero-order valence-corrected chi connectivity index (χ0v) is 18.3. The Bertz CT molecular complexity index is 973. The largest absolute Gasteiger partial charge is 0.368 e. The number of hydrogen-bond acceptors (Lipinski definition) is 5. The molecule has 4 amide bonds. The number of anilines is 1. The van der Waals surface area contributed by atoms with Gasteiger partial charge >= 0.3 is 0 Å². The van der Waals surface area contributed by atoms with Crippen molar-refractivity contribution >= 4 is 40.9 Å². The fourth-order valence-electron chi connectivity index (χ4n) is 5.49. The van der Waals surface area contributed by atoms with E-state index in [0.717, 1.165) is 17.0 Å². The molecule has 4 aliphatic rings. The Morgan fingerprint density at radius 1 is 1.00 bits per heavy atom. The second-order valence-electron chi connectivity index (χ2n) is 8.89. The molecule has 0 spiro atoms. The maximum absolute atomic E-state index is 12.7. The third kappa shape index (κ3) is 3.66. The molecule has 2 heterocycles. The molecule has 0 aromatic heterocycles. The van der Waals surface area contributed by atoms with E-state index in [1.165, 1.54) is 0 Å². The van der Waals surface area contributed by atoms with Gasteiger partial charge in [0.1, 0.15) is 6.54 Å². The van der Waals surface area contributed by atoms with Gasteiger partial charge in [0.2, 0.25) is 23.6 Å². The van der Waals surface area contributed by atoms with Crippen LogP contribution in [0.5, 0.6) is 0 Å². The number of likely N-dealkylation sites (tertiary alicyclic amines) is 1. The van der Waals surface area contributed by atoms with Crippen LogP contribution in [0.25, 0.3) is 0 Å². The summed E-state index contributed by atoms with van der Waals surface area (Å²) >= 11 is 6.06. The van der Waals surface area contributed by atoms with Crippen LogP contribution < -0.4 is 10.2 Å². The van der Waals surface area contributed by atoms with E-state index in [-0.39, 0.29) is 54.5 Å². The highest BCUT2D eigenvalue weighted by Gasteiger charge is 2.59. The third-order valence-corrected chi connectivity index (χ3v) is 7.34. The molecule has 4 unspecified atom stereocenters. The van der Waals surface area contributed by atoms with Gasteiger partial charge in [0, 0.05) is 36.9 Å². The van der Waals surface area contributed by atoms with Crippen LogP contribution in [0.15, 0.2) is 36.4 Å². The van der Waals surface area contributed by atoms with Crippen LogP contribution in [0.1, 0.15) is 6.42 Å². The van der Waals surface area contributed by atoms with E-state index in [2.05, 4.69) is 10.2 Å². The Labute approximate surface area is 191 Å². The minimum Gasteiger partial charge on any atom is -0.368 e. The number of piperazine rings is 1. The summed E-state index contributed by atoms with van der Waals surface area (Å²) in [5.74, 6) is -1.58. The molecule has 1 aromatic rings. The van der Waals surface area contributed by atoms with Crippen molar-refractivity contribution in [1.82, 2.24) is 15.1 Å². The highest BCUT2D eigenvalue weighted by molar-refractivity contribution is 6.30. The normalized spacial score (nSPS) is 28.5. The lowest BCUT2D eigenvalue weighted by atomic mass is 9.85. The molecule has 2 saturated heterocycles. The number of carbonyl (C=O) groups excluding carboxylic acids is 4. The number of carbonyl (C=O) groups is 4. The van der Waals surface area contributed by atoms with Crippen molar-refractivity contribution in [2.45, 2.75) is 6.42 Å². The molecule has 1 saturated carbocycles. The van der Waals surface area contributed by atoms with Crippen molar-refractivity contribution in [2.75, 3.05) is 44.2 Å². The van der Waals surface area contributed by atoms with Gasteiger partial charge in [0.15, 0.2) is 0 Å². The summed E-state index contributed by atoms with van der Waals surface area (Å²) in [6.07, 6.45) is 4.89. The van der Waals surface area contributed by atoms with Crippen LogP contribution >= 0.6 is 11.6 Å². The second kappa shape index (κ2) is 8.24. The van der Waals surface area contributed by atoms with Crippen LogP contribution in [-0.4, -0.2) is 72.7 Å². The summed E-state index contributed by atoms with van der Waals surface area (Å²) in [7, 11) is 0. The maximum Gasteiger partial charge on any atom is 0.242 e. The summed E-state index contributed by atoms with van der Waals surface area (Å²) in [6.45, 7) is 1.98. The number of hydrogen-bond donors (Lipinski definition) is 1. The molecule has 2 aliphatic heterocycles. The van der Waals surface area contributed by atoms with Gasteiger partial charge in [-0.2, -0.15) is 0 Å². The second-order valence-corrected chi connectivity index (χ2v) is 9.32. The molecular formula is C23H25ClN4O4. The number of allylic oxidation sites excluding steroid dienone is 2. The molecule has 5 rings (SSSR count). The number of amides is 4. The molecule has 1 N–H and O–H groups in total. The lowest BCUT2D eigenvalue weighted by Gasteiger charge is -2.36. The molecule has 2 bridgehead atoms. The van der Waals surface area contributed by atoms with E-state index < -0.39 is 5.91 Å². The highest BCUT2D eigenvalue weighted by Crippen LogP contribution is 2.52. The van der Waals surface area contributed by atoms with Gasteiger partial charge in [-0.1, -0.05) is 29.8 Å². The van der Waals surface area contributed by atoms with E-state index in [1.54, 1.807) is 4.90 Å². The molecule has 1 aromatic carbocycles. The van der Waals surface area contributed by atoms with Gasteiger partial charge in [-0.3, -0.25) is 24.1 Å². The van der Waals surface area contributed by atoms with Gasteiger partial charge < -0.3 is 15.1 Å². The number of benzene rings is 1. The van der Waals surface area contributed by atoms with Crippen molar-refractivity contribution in [2.24, 2.45) is 23.7 Å². The summed E-state index contributed by atoms with van der Waals surface area (Å²) in [5, 5.41) is 3.25. The monoisotopic (exact) mass is 456 g/mol. The average Bonchev–Trinajstić information content (AvgIpc) is 3.48. The first-order valence-electron chi connectivity index (χ1n) is 11.0. The van der Waals surface area contributed by atoms with Gasteiger partial charge in [0.05, 0.1) is 18.4 Å². The molecule has 3 fully saturated rings. The highest BCUT2D eigenvalue weighted by atomic mass is 35.5. The van der Waals surface area contributed by atoms with Crippen molar-refractivity contribution in [3.8, 4) is 0 Å². The minimum absolute atomic E-state index is 0.113. The Hall–Kier alpha value is -2.87. The summed E-state index contributed by atoms with van der Waals surface area (Å²) < 4.78 is 0. The number of nitrogens with zero attached hydrogens (tertiary/aromatic N) is 3. The molecule has 0 radical (unpaired) electrons. The smallest absolute Gasteiger partial charge is 0.242 e. The third-order valence-electron chi connectivity index (χ3n) is 7.11. The molecule has 168 valence electrons. The predicted molar refractivity (Wildman–Crippen MR) is 118 cm³/mol. The SMILES string of the molecule is O=C(CN1C(=O)C2C3C=CC(C3)C2C1=O)NCC(=O)N1CCN(c2cccc(Cl)c2)CC1. The zero-order valence-electron chi connectivity index (χ0n) is 17.6. The first-order valence-corrected chi connectivity index (χ1v) is 11.4. The van der Waals surface area contributed by atoms with Gasteiger partial charge in [-0.25, -0.2) is 0 Å². The van der Waals surface area contributed by atoms with Crippen molar-refractivity contribution in [3.05, 3.63) is 41.4 Å². The van der Waals surface area contributed by atoms with Gasteiger partial charge in [0.25, 0.3) is 0 Å². The summed E-state index contributed by atoms with van der Waals surface area (Å²) in [4.78, 5) is 55.2. The molecule has 2 aliphatic carbocycles. The quantitative estimate of drug-likeness (QED) is 0.525. The Morgan fingerprint density at radius 3 is 2.28 bits per heavy atom. The summed E-state index contributed by atoms with van der Waals surface area (Å²) in [5.41, 5.74) is 1.02. The average molecular weight is 457 g/mol. The molecular weight excluding hydrogens is 432 g/mol. The minimum atomic E-state index is -0.488. The number of halogens is 1. The number of nitrogens with one attached hydrogen (secondary N) is 1. The van der Waals surface area contributed by atoms with E-state index in [9.17, 15) is 19.2 Å². The van der Waals surface area contributed by atoms with Gasteiger partial charge in [-0.15, -0.1) is 0 Å². The van der Waals surface area contributed by atoms with E-state index in [1.807, 2.05) is 36.4 Å². The number of fused-ring (bicyclic) bond motifs is 5. The summed E-state index contributed by atoms with van der Waals surface area (Å²) in [6, 6.07) is 7.61. The Balaban J connectivity index is 1.09. The Kier molecular flexibility index (Phi) is 5.41. The zero-order chi connectivity index (χ0) is 22.4. The number of imide groups is 1. The van der Waals surface area contributed by atoms with Crippen LogP contribution in [0.2, 0.25) is 5.02 Å². The maximum atomic E-state index is 12.7. The lowest BCUT2D eigenvalue weighted by Crippen LogP contribution is -2.52. The van der Waals surface area contributed by atoms with Crippen molar-refractivity contribution in [1.29, 1.82) is 0 Å². The van der Waals surface area contributed by atoms with Crippen LogP contribution in [-0.2, 0) is 19.2 Å². The van der Waals surface area contributed by atoms with Crippen LogP contribution in [0.4, 0.5) is 5.69 Å².